The zero-order valence-electron chi connectivity index (χ0n) is 12.8. The maximum atomic E-state index is 13.8. The Morgan fingerprint density at radius 2 is 1.95 bits per heavy atom. The van der Waals surface area contributed by atoms with Crippen molar-refractivity contribution in [2.45, 2.75) is 19.4 Å². The molecule has 1 saturated heterocycles. The fraction of sp³-hybridized carbons (Fsp3) is 0.625. The van der Waals surface area contributed by atoms with Crippen LogP contribution in [0, 0.1) is 5.82 Å². The molecule has 1 fully saturated rings. The van der Waals surface area contributed by atoms with Gasteiger partial charge in [0.15, 0.2) is 0 Å². The zero-order chi connectivity index (χ0) is 15.1. The first kappa shape index (κ1) is 16.2. The molecule has 1 aliphatic heterocycles. The van der Waals surface area contributed by atoms with Crippen LogP contribution in [-0.2, 0) is 4.74 Å². The number of piperazine rings is 1. The molecule has 4 nitrogen and oxygen atoms in total. The summed E-state index contributed by atoms with van der Waals surface area (Å²) in [6, 6.07) is 6.99. The van der Waals surface area contributed by atoms with Gasteiger partial charge in [-0.2, -0.15) is 0 Å². The van der Waals surface area contributed by atoms with E-state index in [-0.39, 0.29) is 11.9 Å². The maximum Gasteiger partial charge on any atom is 0.146 e. The van der Waals surface area contributed by atoms with Gasteiger partial charge < -0.3 is 15.4 Å². The van der Waals surface area contributed by atoms with Gasteiger partial charge in [-0.3, -0.25) is 4.90 Å². The molecule has 0 saturated carbocycles. The zero-order valence-corrected chi connectivity index (χ0v) is 12.8. The second kappa shape index (κ2) is 8.32. The molecule has 1 atom stereocenters. The Morgan fingerprint density at radius 1 is 1.24 bits per heavy atom. The lowest BCUT2D eigenvalue weighted by Gasteiger charge is -2.36. The Labute approximate surface area is 126 Å². The number of hydrogen-bond acceptors (Lipinski definition) is 4. The van der Waals surface area contributed by atoms with E-state index in [1.54, 1.807) is 6.07 Å². The van der Waals surface area contributed by atoms with Crippen molar-refractivity contribution in [2.75, 3.05) is 50.8 Å². The number of para-hydroxylation sites is 1. The number of nitrogens with two attached hydrogens (primary N) is 1. The van der Waals surface area contributed by atoms with Gasteiger partial charge in [-0.05, 0) is 25.5 Å². The summed E-state index contributed by atoms with van der Waals surface area (Å²) in [7, 11) is 0. The van der Waals surface area contributed by atoms with Crippen LogP contribution in [0.25, 0.3) is 0 Å². The molecule has 0 bridgehead atoms. The van der Waals surface area contributed by atoms with Crippen LogP contribution < -0.4 is 10.6 Å². The number of benzene rings is 1. The highest BCUT2D eigenvalue weighted by Gasteiger charge is 2.19. The van der Waals surface area contributed by atoms with Gasteiger partial charge >= 0.3 is 0 Å². The number of anilines is 1. The molecular weight excluding hydrogens is 269 g/mol. The van der Waals surface area contributed by atoms with Gasteiger partial charge in [0, 0.05) is 45.9 Å². The molecule has 1 unspecified atom stereocenters. The van der Waals surface area contributed by atoms with Crippen LogP contribution in [0.2, 0.25) is 0 Å². The summed E-state index contributed by atoms with van der Waals surface area (Å²) in [4.78, 5) is 4.52. The average molecular weight is 295 g/mol. The van der Waals surface area contributed by atoms with Crippen LogP contribution in [0.3, 0.4) is 0 Å². The molecule has 0 aromatic heterocycles. The Hall–Kier alpha value is -1.17. The molecule has 0 radical (unpaired) electrons. The van der Waals surface area contributed by atoms with Crippen LogP contribution in [0.4, 0.5) is 10.1 Å². The van der Waals surface area contributed by atoms with Crippen LogP contribution in [-0.4, -0.2) is 56.9 Å². The third kappa shape index (κ3) is 4.66. The lowest BCUT2D eigenvalue weighted by molar-refractivity contribution is 0.0538. The lowest BCUT2D eigenvalue weighted by Crippen LogP contribution is -2.47. The van der Waals surface area contributed by atoms with Crippen molar-refractivity contribution in [3.8, 4) is 0 Å². The summed E-state index contributed by atoms with van der Waals surface area (Å²) in [5.41, 5.74) is 6.41. The van der Waals surface area contributed by atoms with Gasteiger partial charge in [0.25, 0.3) is 0 Å². The standard InChI is InChI=1S/C16H26FN3O/c1-2-21-14(13-18)7-8-19-9-11-20(12-10-19)16-6-4-3-5-15(16)17/h3-6,14H,2,7-13,18H2,1H3. The van der Waals surface area contributed by atoms with Gasteiger partial charge in [-0.1, -0.05) is 12.1 Å². The van der Waals surface area contributed by atoms with Gasteiger partial charge in [0.1, 0.15) is 5.82 Å². The van der Waals surface area contributed by atoms with Crippen molar-refractivity contribution < 1.29 is 9.13 Å². The number of hydrogen-bond donors (Lipinski definition) is 1. The van der Waals surface area contributed by atoms with Crippen LogP contribution in [0.15, 0.2) is 24.3 Å². The number of nitrogens with zero attached hydrogens (tertiary/aromatic N) is 2. The molecule has 118 valence electrons. The van der Waals surface area contributed by atoms with E-state index in [4.69, 9.17) is 10.5 Å². The minimum absolute atomic E-state index is 0.134. The van der Waals surface area contributed by atoms with E-state index in [0.717, 1.165) is 39.1 Å². The third-order valence-electron chi connectivity index (χ3n) is 4.00. The van der Waals surface area contributed by atoms with Crippen molar-refractivity contribution in [1.29, 1.82) is 0 Å². The molecule has 2 rings (SSSR count). The monoisotopic (exact) mass is 295 g/mol. The molecule has 1 aromatic rings. The first-order chi connectivity index (χ1) is 10.2. The Balaban J connectivity index is 1.77. The smallest absolute Gasteiger partial charge is 0.146 e. The highest BCUT2D eigenvalue weighted by molar-refractivity contribution is 5.47. The summed E-state index contributed by atoms with van der Waals surface area (Å²) < 4.78 is 19.3. The minimum atomic E-state index is -0.134. The van der Waals surface area contributed by atoms with E-state index in [9.17, 15) is 4.39 Å². The van der Waals surface area contributed by atoms with Crippen molar-refractivity contribution in [3.63, 3.8) is 0 Å². The average Bonchev–Trinajstić information content (AvgIpc) is 2.52. The summed E-state index contributed by atoms with van der Waals surface area (Å²) >= 11 is 0. The first-order valence-corrected chi connectivity index (χ1v) is 7.78. The molecule has 0 aliphatic carbocycles. The molecule has 0 spiro atoms. The summed E-state index contributed by atoms with van der Waals surface area (Å²) in [5, 5.41) is 0. The van der Waals surface area contributed by atoms with Crippen molar-refractivity contribution in [2.24, 2.45) is 5.73 Å². The van der Waals surface area contributed by atoms with E-state index in [1.165, 1.54) is 6.07 Å². The highest BCUT2D eigenvalue weighted by Crippen LogP contribution is 2.20. The molecule has 5 heteroatoms. The first-order valence-electron chi connectivity index (χ1n) is 7.78. The minimum Gasteiger partial charge on any atom is -0.377 e. The van der Waals surface area contributed by atoms with E-state index in [1.807, 2.05) is 19.1 Å². The van der Waals surface area contributed by atoms with Gasteiger partial charge in [-0.25, -0.2) is 4.39 Å². The molecule has 1 heterocycles. The topological polar surface area (TPSA) is 41.7 Å². The van der Waals surface area contributed by atoms with Crippen molar-refractivity contribution >= 4 is 5.69 Å². The number of halogens is 1. The van der Waals surface area contributed by atoms with Crippen LogP contribution in [0.1, 0.15) is 13.3 Å². The van der Waals surface area contributed by atoms with E-state index >= 15 is 0 Å². The molecule has 0 amide bonds. The molecule has 2 N–H and O–H groups in total. The summed E-state index contributed by atoms with van der Waals surface area (Å²) in [6.07, 6.45) is 1.11. The van der Waals surface area contributed by atoms with Crippen molar-refractivity contribution in [1.82, 2.24) is 4.90 Å². The normalized spacial score (nSPS) is 18.0. The van der Waals surface area contributed by atoms with E-state index in [0.29, 0.717) is 18.8 Å². The predicted octanol–water partition coefficient (Wildman–Crippen LogP) is 1.70. The fourth-order valence-electron chi connectivity index (χ4n) is 2.75. The predicted molar refractivity (Wildman–Crippen MR) is 84.1 cm³/mol. The lowest BCUT2D eigenvalue weighted by atomic mass is 10.2. The molecule has 21 heavy (non-hydrogen) atoms. The molecule has 1 aromatic carbocycles. The van der Waals surface area contributed by atoms with Crippen molar-refractivity contribution in [3.05, 3.63) is 30.1 Å². The molecular formula is C16H26FN3O. The quantitative estimate of drug-likeness (QED) is 0.831. The van der Waals surface area contributed by atoms with E-state index in [2.05, 4.69) is 9.80 Å². The molecule has 1 aliphatic rings. The number of rotatable bonds is 7. The maximum absolute atomic E-state index is 13.8. The Kier molecular flexibility index (Phi) is 6.42. The third-order valence-corrected chi connectivity index (χ3v) is 4.00. The van der Waals surface area contributed by atoms with E-state index < -0.39 is 0 Å². The fourth-order valence-corrected chi connectivity index (χ4v) is 2.75. The second-order valence-corrected chi connectivity index (χ2v) is 5.38. The Morgan fingerprint density at radius 3 is 2.57 bits per heavy atom. The SMILES string of the molecule is CCOC(CN)CCN1CCN(c2ccccc2F)CC1. The highest BCUT2D eigenvalue weighted by atomic mass is 19.1. The Bertz CT molecular complexity index is 422. The van der Waals surface area contributed by atoms with Crippen LogP contribution in [0.5, 0.6) is 0 Å². The second-order valence-electron chi connectivity index (χ2n) is 5.38. The summed E-state index contributed by atoms with van der Waals surface area (Å²) in [6.45, 7) is 7.91. The van der Waals surface area contributed by atoms with Gasteiger partial charge in [-0.15, -0.1) is 0 Å². The summed E-state index contributed by atoms with van der Waals surface area (Å²) in [5.74, 6) is -0.134. The van der Waals surface area contributed by atoms with Gasteiger partial charge in [0.05, 0.1) is 11.8 Å². The van der Waals surface area contributed by atoms with Gasteiger partial charge in [0.2, 0.25) is 0 Å². The number of ether oxygens (including phenoxy) is 1. The van der Waals surface area contributed by atoms with Crippen LogP contribution >= 0.6 is 0 Å². The largest absolute Gasteiger partial charge is 0.377 e.